The van der Waals surface area contributed by atoms with Gasteiger partial charge in [0.25, 0.3) is 5.56 Å². The largest absolute Gasteiger partial charge is 0.595 e. The first kappa shape index (κ1) is 24.0. The van der Waals surface area contributed by atoms with Gasteiger partial charge in [-0.2, -0.15) is 5.23 Å². The van der Waals surface area contributed by atoms with Crippen molar-refractivity contribution in [2.75, 3.05) is 27.3 Å². The fourth-order valence-electron chi connectivity index (χ4n) is 5.39. The van der Waals surface area contributed by atoms with Gasteiger partial charge in [-0.05, 0) is 31.4 Å². The summed E-state index contributed by atoms with van der Waals surface area (Å²) in [5.74, 6) is 0.986. The molecule has 0 aliphatic carbocycles. The summed E-state index contributed by atoms with van der Waals surface area (Å²) in [6.45, 7) is 2.69. The van der Waals surface area contributed by atoms with Crippen molar-refractivity contribution < 1.29 is 24.7 Å². The maximum atomic E-state index is 13.3. The molecule has 0 spiro atoms. The second-order valence-electron chi connectivity index (χ2n) is 9.26. The number of pyridine rings is 1. The van der Waals surface area contributed by atoms with E-state index in [2.05, 4.69) is 4.98 Å². The lowest BCUT2D eigenvalue weighted by molar-refractivity contribution is -0.992. The number of piperidine rings is 1. The van der Waals surface area contributed by atoms with Crippen LogP contribution < -0.4 is 25.8 Å². The third kappa shape index (κ3) is 3.92. The normalized spacial score (nSPS) is 19.6. The Morgan fingerprint density at radius 1 is 1.14 bits per heavy atom. The molecule has 1 amide bonds. The zero-order chi connectivity index (χ0) is 25.7. The number of likely N-dealkylation sites (tertiary alicyclic amines) is 1. The summed E-state index contributed by atoms with van der Waals surface area (Å²) < 4.78 is 13.5. The standard InChI is InChI=1S/C24H27N5O7/c1-13-25-17-8-21(36-3)20(35-2)7-16(17)23(31)27(13)12-22(30)26-9-14-6-15(11-26)18-4-5-19(29(33)34)24(32)28(18)10-14/h4-5,7-8,14-15,29,33H,6,9-12H2,1-3H3/t14-,15-/m0/s1. The van der Waals surface area contributed by atoms with E-state index in [1.807, 2.05) is 0 Å². The molecule has 1 saturated heterocycles. The number of amides is 1. The molecule has 2 aliphatic rings. The molecular weight excluding hydrogens is 470 g/mol. The Labute approximate surface area is 205 Å². The van der Waals surface area contributed by atoms with E-state index in [-0.39, 0.29) is 35.5 Å². The third-order valence-electron chi connectivity index (χ3n) is 7.13. The van der Waals surface area contributed by atoms with Gasteiger partial charge in [-0.25, -0.2) is 10.2 Å². The monoisotopic (exact) mass is 497 g/mol. The van der Waals surface area contributed by atoms with Crippen molar-refractivity contribution in [2.24, 2.45) is 5.92 Å². The Bertz CT molecular complexity index is 1480. The van der Waals surface area contributed by atoms with Gasteiger partial charge in [0.1, 0.15) is 12.4 Å². The van der Waals surface area contributed by atoms with Crippen LogP contribution >= 0.6 is 0 Å². The molecule has 1 fully saturated rings. The number of carbonyl (C=O) groups excluding carboxylic acids is 1. The highest BCUT2D eigenvalue weighted by Crippen LogP contribution is 2.35. The van der Waals surface area contributed by atoms with Crippen molar-refractivity contribution in [2.45, 2.75) is 32.4 Å². The van der Waals surface area contributed by atoms with Crippen LogP contribution in [0.15, 0.2) is 33.9 Å². The number of benzene rings is 1. The maximum Gasteiger partial charge on any atom is 0.315 e. The number of methoxy groups -OCH3 is 2. The molecule has 12 nitrogen and oxygen atoms in total. The molecule has 2 aliphatic heterocycles. The minimum absolute atomic E-state index is 0.0196. The Morgan fingerprint density at radius 3 is 2.56 bits per heavy atom. The van der Waals surface area contributed by atoms with E-state index >= 15 is 0 Å². The fraction of sp³-hybridized carbons (Fsp3) is 0.417. The minimum atomic E-state index is -1.25. The molecule has 1 aromatic carbocycles. The summed E-state index contributed by atoms with van der Waals surface area (Å²) in [6, 6.07) is 6.21. The fourth-order valence-corrected chi connectivity index (χ4v) is 5.39. The number of ether oxygens (including phenoxy) is 2. The van der Waals surface area contributed by atoms with Gasteiger partial charge in [0.05, 0.1) is 25.1 Å². The van der Waals surface area contributed by atoms with Crippen molar-refractivity contribution in [3.63, 3.8) is 0 Å². The maximum absolute atomic E-state index is 13.3. The lowest BCUT2D eigenvalue weighted by atomic mass is 9.83. The van der Waals surface area contributed by atoms with Gasteiger partial charge in [-0.3, -0.25) is 19.0 Å². The number of quaternary nitrogens is 1. The van der Waals surface area contributed by atoms with E-state index in [1.54, 1.807) is 30.0 Å². The first-order valence-corrected chi connectivity index (χ1v) is 11.6. The molecule has 36 heavy (non-hydrogen) atoms. The lowest BCUT2D eigenvalue weighted by Crippen LogP contribution is -3.00. The quantitative estimate of drug-likeness (QED) is 0.467. The molecule has 2 aromatic heterocycles. The van der Waals surface area contributed by atoms with Crippen LogP contribution in [0.2, 0.25) is 0 Å². The molecule has 190 valence electrons. The summed E-state index contributed by atoms with van der Waals surface area (Å²) in [6.07, 6.45) is 0.813. The molecule has 1 unspecified atom stereocenters. The molecule has 4 heterocycles. The molecule has 3 aromatic rings. The number of aromatic nitrogens is 3. The highest BCUT2D eigenvalue weighted by atomic mass is 16.8. The number of rotatable bonds is 5. The first-order chi connectivity index (χ1) is 17.2. The van der Waals surface area contributed by atoms with Crippen LogP contribution in [-0.2, 0) is 17.9 Å². The average Bonchev–Trinajstić information content (AvgIpc) is 2.86. The molecule has 2 bridgehead atoms. The lowest BCUT2D eigenvalue weighted by Gasteiger charge is -2.43. The summed E-state index contributed by atoms with van der Waals surface area (Å²) in [5.41, 5.74) is 0.0854. The highest BCUT2D eigenvalue weighted by molar-refractivity contribution is 5.83. The molecular formula is C24H27N5O7. The number of aryl methyl sites for hydroxylation is 1. The van der Waals surface area contributed by atoms with Gasteiger partial charge >= 0.3 is 5.56 Å². The SMILES string of the molecule is COc1cc2nc(C)n(CC(=O)N3C[C@@H]4C[C@@H](C3)c3ccc([NH+]([O-])O)c(=O)n3C4)c(=O)c2cc1OC. The van der Waals surface area contributed by atoms with Crippen LogP contribution in [0.3, 0.4) is 0 Å². The number of hydrogen-bond donors (Lipinski definition) is 2. The predicted molar refractivity (Wildman–Crippen MR) is 128 cm³/mol. The van der Waals surface area contributed by atoms with Gasteiger partial charge in [-0.15, -0.1) is 0 Å². The molecule has 0 saturated carbocycles. The van der Waals surface area contributed by atoms with Crippen molar-refractivity contribution in [1.82, 2.24) is 19.0 Å². The van der Waals surface area contributed by atoms with E-state index < -0.39 is 10.8 Å². The van der Waals surface area contributed by atoms with Crippen LogP contribution in [0.5, 0.6) is 11.5 Å². The van der Waals surface area contributed by atoms with Gasteiger partial charge < -0.3 is 24.1 Å². The van der Waals surface area contributed by atoms with Gasteiger partial charge in [0.2, 0.25) is 11.6 Å². The molecule has 0 radical (unpaired) electrons. The summed E-state index contributed by atoms with van der Waals surface area (Å²) in [5, 5.41) is 19.7. The highest BCUT2D eigenvalue weighted by Gasteiger charge is 2.37. The number of carbonyl (C=O) groups is 1. The molecule has 3 atom stereocenters. The first-order valence-electron chi connectivity index (χ1n) is 11.6. The van der Waals surface area contributed by atoms with E-state index in [9.17, 15) is 24.8 Å². The second kappa shape index (κ2) is 9.04. The van der Waals surface area contributed by atoms with Crippen LogP contribution in [-0.4, -0.2) is 57.4 Å². The smallest absolute Gasteiger partial charge is 0.315 e. The molecule has 5 rings (SSSR count). The Hall–Kier alpha value is -3.74. The number of nitrogens with one attached hydrogen (secondary N) is 1. The van der Waals surface area contributed by atoms with Crippen molar-refractivity contribution in [1.29, 1.82) is 0 Å². The van der Waals surface area contributed by atoms with Gasteiger partial charge in [0.15, 0.2) is 11.5 Å². The number of nitrogens with zero attached hydrogens (tertiary/aromatic N) is 4. The predicted octanol–water partition coefficient (Wildman–Crippen LogP) is -0.0669. The van der Waals surface area contributed by atoms with Gasteiger partial charge in [0, 0.05) is 43.4 Å². The van der Waals surface area contributed by atoms with Crippen molar-refractivity contribution in [3.05, 3.63) is 61.7 Å². The Balaban J connectivity index is 1.42. The van der Waals surface area contributed by atoms with Crippen LogP contribution in [0, 0.1) is 18.0 Å². The van der Waals surface area contributed by atoms with Crippen LogP contribution in [0.4, 0.5) is 5.69 Å². The Morgan fingerprint density at radius 2 is 1.86 bits per heavy atom. The minimum Gasteiger partial charge on any atom is -0.595 e. The second-order valence-corrected chi connectivity index (χ2v) is 9.26. The number of hydrogen-bond acceptors (Lipinski definition) is 8. The summed E-state index contributed by atoms with van der Waals surface area (Å²) >= 11 is 0. The summed E-state index contributed by atoms with van der Waals surface area (Å²) in [4.78, 5) is 45.5. The average molecular weight is 498 g/mol. The Kier molecular flexibility index (Phi) is 6.02. The topological polar surface area (TPSA) is 143 Å². The van der Waals surface area contributed by atoms with E-state index in [0.717, 1.165) is 12.1 Å². The zero-order valence-corrected chi connectivity index (χ0v) is 20.2. The van der Waals surface area contributed by atoms with Crippen LogP contribution in [0.1, 0.15) is 23.9 Å². The molecule has 2 N–H and O–H groups in total. The summed E-state index contributed by atoms with van der Waals surface area (Å²) in [7, 11) is 2.99. The third-order valence-corrected chi connectivity index (χ3v) is 7.13. The molecule has 12 heteroatoms. The van der Waals surface area contributed by atoms with Crippen molar-refractivity contribution >= 4 is 22.5 Å². The number of fused-ring (bicyclic) bond motifs is 5. The van der Waals surface area contributed by atoms with Gasteiger partial charge in [-0.1, -0.05) is 0 Å². The zero-order valence-electron chi connectivity index (χ0n) is 20.2. The van der Waals surface area contributed by atoms with Crippen LogP contribution in [0.25, 0.3) is 10.9 Å². The van der Waals surface area contributed by atoms with E-state index in [1.165, 1.54) is 29.4 Å². The van der Waals surface area contributed by atoms with E-state index in [4.69, 9.17) is 9.47 Å². The van der Waals surface area contributed by atoms with Crippen molar-refractivity contribution in [3.8, 4) is 11.5 Å². The van der Waals surface area contributed by atoms with E-state index in [0.29, 0.717) is 47.9 Å².